The molecule has 2 fully saturated rings. The van der Waals surface area contributed by atoms with Crippen molar-refractivity contribution in [1.82, 2.24) is 4.90 Å². The van der Waals surface area contributed by atoms with E-state index in [9.17, 15) is 5.11 Å². The largest absolute Gasteiger partial charge is 0.393 e. The third-order valence-corrected chi connectivity index (χ3v) is 5.73. The van der Waals surface area contributed by atoms with E-state index in [1.807, 2.05) is 0 Å². The number of hydrogen-bond donors (Lipinski definition) is 1. The van der Waals surface area contributed by atoms with Gasteiger partial charge in [0.05, 0.1) is 6.10 Å². The number of piperidine rings is 1. The van der Waals surface area contributed by atoms with Crippen molar-refractivity contribution in [2.75, 3.05) is 13.1 Å². The monoisotopic (exact) mass is 281 g/mol. The molecule has 20 heavy (non-hydrogen) atoms. The van der Waals surface area contributed by atoms with E-state index in [2.05, 4.69) is 18.7 Å². The summed E-state index contributed by atoms with van der Waals surface area (Å²) in [5, 5.41) is 10.3. The molecule has 1 saturated heterocycles. The highest BCUT2D eigenvalue weighted by atomic mass is 16.3. The van der Waals surface area contributed by atoms with Crippen molar-refractivity contribution in [2.24, 2.45) is 11.8 Å². The third-order valence-electron chi connectivity index (χ3n) is 5.73. The summed E-state index contributed by atoms with van der Waals surface area (Å²) in [6.07, 6.45) is 13.0. The second-order valence-electron chi connectivity index (χ2n) is 7.14. The highest BCUT2D eigenvalue weighted by molar-refractivity contribution is 4.90. The summed E-state index contributed by atoms with van der Waals surface area (Å²) in [6, 6.07) is 0.678. The van der Waals surface area contributed by atoms with E-state index in [-0.39, 0.29) is 6.10 Å². The van der Waals surface area contributed by atoms with Crippen molar-refractivity contribution in [3.05, 3.63) is 0 Å². The van der Waals surface area contributed by atoms with Crippen LogP contribution in [0.4, 0.5) is 0 Å². The molecule has 118 valence electrons. The number of aliphatic hydroxyl groups is 1. The van der Waals surface area contributed by atoms with E-state index in [4.69, 9.17) is 0 Å². The van der Waals surface area contributed by atoms with Gasteiger partial charge in [0, 0.05) is 18.5 Å². The maximum absolute atomic E-state index is 10.3. The Balaban J connectivity index is 1.92. The second-order valence-corrected chi connectivity index (χ2v) is 7.14. The molecule has 0 bridgehead atoms. The quantitative estimate of drug-likeness (QED) is 0.755. The van der Waals surface area contributed by atoms with E-state index in [1.54, 1.807) is 0 Å². The van der Waals surface area contributed by atoms with Gasteiger partial charge in [0.15, 0.2) is 0 Å². The average Bonchev–Trinajstić information content (AvgIpc) is 2.90. The van der Waals surface area contributed by atoms with Gasteiger partial charge in [-0.3, -0.25) is 4.90 Å². The highest BCUT2D eigenvalue weighted by Gasteiger charge is 2.37. The molecule has 0 radical (unpaired) electrons. The fraction of sp³-hybridized carbons (Fsp3) is 1.00. The minimum Gasteiger partial charge on any atom is -0.393 e. The number of hydrogen-bond acceptors (Lipinski definition) is 2. The molecule has 1 heterocycles. The van der Waals surface area contributed by atoms with Crippen molar-refractivity contribution in [3.63, 3.8) is 0 Å². The first kappa shape index (κ1) is 16.3. The van der Waals surface area contributed by atoms with Gasteiger partial charge in [-0.2, -0.15) is 0 Å². The zero-order chi connectivity index (χ0) is 14.4. The van der Waals surface area contributed by atoms with Crippen LogP contribution < -0.4 is 0 Å². The number of rotatable bonds is 7. The second kappa shape index (κ2) is 8.38. The molecular formula is C18H35NO. The molecule has 2 heteroatoms. The van der Waals surface area contributed by atoms with E-state index in [0.717, 1.165) is 12.3 Å². The molecule has 4 unspecified atom stereocenters. The maximum atomic E-state index is 10.3. The van der Waals surface area contributed by atoms with Crippen LogP contribution in [0.1, 0.15) is 78.1 Å². The predicted molar refractivity (Wildman–Crippen MR) is 85.9 cm³/mol. The zero-order valence-electron chi connectivity index (χ0n) is 13.7. The van der Waals surface area contributed by atoms with Crippen LogP contribution in [0.3, 0.4) is 0 Å². The smallest absolute Gasteiger partial charge is 0.0583 e. The Bertz CT molecular complexity index is 268. The number of aliphatic hydroxyl groups excluding tert-OH is 1. The van der Waals surface area contributed by atoms with E-state index >= 15 is 0 Å². The topological polar surface area (TPSA) is 23.5 Å². The molecule has 1 aliphatic heterocycles. The van der Waals surface area contributed by atoms with Gasteiger partial charge in [-0.05, 0) is 44.6 Å². The summed E-state index contributed by atoms with van der Waals surface area (Å²) < 4.78 is 0. The van der Waals surface area contributed by atoms with Crippen LogP contribution >= 0.6 is 0 Å². The molecule has 2 rings (SSSR count). The van der Waals surface area contributed by atoms with Crippen molar-refractivity contribution < 1.29 is 5.11 Å². The van der Waals surface area contributed by atoms with Gasteiger partial charge in [0.2, 0.25) is 0 Å². The van der Waals surface area contributed by atoms with Crippen molar-refractivity contribution in [2.45, 2.75) is 90.2 Å². The Kier molecular flexibility index (Phi) is 6.83. The Morgan fingerprint density at radius 3 is 2.60 bits per heavy atom. The van der Waals surface area contributed by atoms with Gasteiger partial charge in [0.1, 0.15) is 0 Å². The van der Waals surface area contributed by atoms with Crippen LogP contribution in [0, 0.1) is 11.8 Å². The molecule has 0 spiro atoms. The maximum Gasteiger partial charge on any atom is 0.0583 e. The molecule has 2 nitrogen and oxygen atoms in total. The molecule has 1 saturated carbocycles. The first-order valence-electron chi connectivity index (χ1n) is 9.18. The Hall–Kier alpha value is -0.0800. The van der Waals surface area contributed by atoms with Crippen LogP contribution in [-0.2, 0) is 0 Å². The number of nitrogens with zero attached hydrogens (tertiary/aromatic N) is 1. The summed E-state index contributed by atoms with van der Waals surface area (Å²) >= 11 is 0. The normalized spacial score (nSPS) is 33.5. The molecule has 1 aliphatic carbocycles. The average molecular weight is 281 g/mol. The Morgan fingerprint density at radius 1 is 1.10 bits per heavy atom. The summed E-state index contributed by atoms with van der Waals surface area (Å²) in [7, 11) is 0. The van der Waals surface area contributed by atoms with Gasteiger partial charge in [-0.1, -0.05) is 46.0 Å². The van der Waals surface area contributed by atoms with Crippen LogP contribution in [-0.4, -0.2) is 35.2 Å². The SMILES string of the molecule is CCCCC(CC)CN1CCCCC1C1CCCC1O. The van der Waals surface area contributed by atoms with Crippen LogP contribution in [0.5, 0.6) is 0 Å². The van der Waals surface area contributed by atoms with Crippen molar-refractivity contribution in [3.8, 4) is 0 Å². The summed E-state index contributed by atoms with van der Waals surface area (Å²) in [5.74, 6) is 1.44. The molecular weight excluding hydrogens is 246 g/mol. The lowest BCUT2D eigenvalue weighted by Gasteiger charge is -2.42. The Morgan fingerprint density at radius 2 is 1.95 bits per heavy atom. The van der Waals surface area contributed by atoms with E-state index in [1.165, 1.54) is 70.9 Å². The van der Waals surface area contributed by atoms with Gasteiger partial charge >= 0.3 is 0 Å². The summed E-state index contributed by atoms with van der Waals surface area (Å²) in [5.41, 5.74) is 0. The Labute approximate surface area is 125 Å². The van der Waals surface area contributed by atoms with Gasteiger partial charge in [0.25, 0.3) is 0 Å². The molecule has 0 aromatic carbocycles. The summed E-state index contributed by atoms with van der Waals surface area (Å²) in [6.45, 7) is 7.20. The van der Waals surface area contributed by atoms with Crippen LogP contribution in [0.15, 0.2) is 0 Å². The minimum atomic E-state index is -0.0173. The van der Waals surface area contributed by atoms with Crippen LogP contribution in [0.25, 0.3) is 0 Å². The van der Waals surface area contributed by atoms with Crippen molar-refractivity contribution >= 4 is 0 Å². The first-order valence-corrected chi connectivity index (χ1v) is 9.18. The predicted octanol–water partition coefficient (Wildman–Crippen LogP) is 4.22. The molecule has 2 aliphatic rings. The molecule has 0 aromatic rings. The fourth-order valence-corrected chi connectivity index (χ4v) is 4.40. The number of unbranched alkanes of at least 4 members (excludes halogenated alkanes) is 1. The lowest BCUT2D eigenvalue weighted by atomic mass is 9.86. The lowest BCUT2D eigenvalue weighted by Crippen LogP contribution is -2.48. The molecule has 0 amide bonds. The molecule has 0 aromatic heterocycles. The first-order chi connectivity index (χ1) is 9.76. The lowest BCUT2D eigenvalue weighted by molar-refractivity contribution is 0.0262. The van der Waals surface area contributed by atoms with Gasteiger partial charge in [-0.15, -0.1) is 0 Å². The van der Waals surface area contributed by atoms with Crippen LogP contribution in [0.2, 0.25) is 0 Å². The van der Waals surface area contributed by atoms with Crippen molar-refractivity contribution in [1.29, 1.82) is 0 Å². The van der Waals surface area contributed by atoms with E-state index < -0.39 is 0 Å². The summed E-state index contributed by atoms with van der Waals surface area (Å²) in [4.78, 5) is 2.76. The fourth-order valence-electron chi connectivity index (χ4n) is 4.40. The third kappa shape index (κ3) is 4.21. The van der Waals surface area contributed by atoms with Gasteiger partial charge < -0.3 is 5.11 Å². The zero-order valence-corrected chi connectivity index (χ0v) is 13.7. The standard InChI is InChI=1S/C18H35NO/c1-3-5-9-15(4-2)14-19-13-7-6-11-17(19)16-10-8-12-18(16)20/h15-18,20H,3-14H2,1-2H3. The number of likely N-dealkylation sites (tertiary alicyclic amines) is 1. The van der Waals surface area contributed by atoms with Gasteiger partial charge in [-0.25, -0.2) is 0 Å². The van der Waals surface area contributed by atoms with E-state index in [0.29, 0.717) is 12.0 Å². The highest BCUT2D eigenvalue weighted by Crippen LogP contribution is 2.35. The minimum absolute atomic E-state index is 0.0173. The molecule has 1 N–H and O–H groups in total. The molecule has 4 atom stereocenters.